The number of esters is 2. The van der Waals surface area contributed by atoms with Gasteiger partial charge < -0.3 is 187 Å². The van der Waals surface area contributed by atoms with E-state index in [2.05, 4.69) is 40.7 Å². The van der Waals surface area contributed by atoms with Crippen LogP contribution in [0, 0.1) is 56.2 Å². The smallest absolute Gasteiger partial charge is 0.335 e. The first-order valence-electron chi connectivity index (χ1n) is 41.6. The highest BCUT2D eigenvalue weighted by atomic mass is 16.8. The van der Waals surface area contributed by atoms with Gasteiger partial charge in [0.15, 0.2) is 62.3 Å². The highest BCUT2D eigenvalue weighted by Gasteiger charge is 2.74. The Morgan fingerprint density at radius 1 is 0.458 bits per heavy atom. The number of aliphatic hydroxyl groups is 19. The van der Waals surface area contributed by atoms with Crippen LogP contribution in [0.5, 0.6) is 0 Å². The van der Waals surface area contributed by atoms with Crippen molar-refractivity contribution in [2.24, 2.45) is 56.2 Å². The van der Waals surface area contributed by atoms with E-state index in [1.54, 1.807) is 6.92 Å². The van der Waals surface area contributed by atoms with Gasteiger partial charge >= 0.3 is 17.9 Å². The maximum absolute atomic E-state index is 16.5. The average Bonchev–Trinajstić information content (AvgIpc) is 0.666. The molecule has 0 aromatic rings. The predicted molar refractivity (Wildman–Crippen MR) is 392 cm³/mol. The van der Waals surface area contributed by atoms with Crippen LogP contribution in [0.15, 0.2) is 11.6 Å². The molecule has 41 heteroatoms. The van der Waals surface area contributed by atoms with Gasteiger partial charge in [0.1, 0.15) is 152 Å². The number of carbonyl (C=O) groups is 4. The Hall–Kier alpha value is -3.54. The van der Waals surface area contributed by atoms with Crippen molar-refractivity contribution in [2.75, 3.05) is 19.8 Å². The third-order valence-corrected chi connectivity index (χ3v) is 30.0. The fraction of sp³-hybridized carbons (Fsp3) is 0.924. The molecule has 4 saturated carbocycles. The number of hydrogen-bond acceptors (Lipinski definition) is 40. The van der Waals surface area contributed by atoms with Crippen LogP contribution in [0.2, 0.25) is 0 Å². The number of ether oxygens (including phenoxy) is 17. The average molecular weight is 1730 g/mol. The van der Waals surface area contributed by atoms with Crippen molar-refractivity contribution in [1.29, 1.82) is 0 Å². The lowest BCUT2D eigenvalue weighted by molar-refractivity contribution is -0.394. The minimum atomic E-state index is -2.26. The molecule has 8 heterocycles. The van der Waals surface area contributed by atoms with E-state index in [1.165, 1.54) is 27.7 Å². The fourth-order valence-electron chi connectivity index (χ4n) is 22.3. The third kappa shape index (κ3) is 16.2. The summed E-state index contributed by atoms with van der Waals surface area (Å²) in [6.07, 6.45) is -67.4. The molecule has 0 spiro atoms. The van der Waals surface area contributed by atoms with E-state index in [9.17, 15) is 117 Å². The van der Waals surface area contributed by atoms with Gasteiger partial charge in [-0.15, -0.1) is 0 Å². The van der Waals surface area contributed by atoms with Gasteiger partial charge in [0.2, 0.25) is 6.29 Å². The molecule has 8 aliphatic heterocycles. The minimum Gasteiger partial charge on any atom is -0.479 e. The Kier molecular flexibility index (Phi) is 27.8. The van der Waals surface area contributed by atoms with Crippen LogP contribution in [0.3, 0.4) is 0 Å². The number of rotatable bonds is 20. The van der Waals surface area contributed by atoms with Gasteiger partial charge in [0.05, 0.1) is 61.9 Å². The lowest BCUT2D eigenvalue weighted by Crippen LogP contribution is -2.70. The number of aliphatic hydroxyl groups excluding tert-OH is 19. The van der Waals surface area contributed by atoms with E-state index >= 15 is 4.79 Å². The molecule has 120 heavy (non-hydrogen) atoms. The second-order valence-electron chi connectivity index (χ2n) is 37.3. The summed E-state index contributed by atoms with van der Waals surface area (Å²) >= 11 is 0. The van der Waals surface area contributed by atoms with Crippen molar-refractivity contribution < 1.29 is 202 Å². The topological polar surface area (TPSA) is 630 Å². The Bertz CT molecular complexity index is 3600. The third-order valence-electron chi connectivity index (χ3n) is 30.0. The van der Waals surface area contributed by atoms with Crippen LogP contribution >= 0.6 is 0 Å². The van der Waals surface area contributed by atoms with Crippen molar-refractivity contribution >= 4 is 24.2 Å². The molecule has 20 N–H and O–H groups in total. The van der Waals surface area contributed by atoms with E-state index < -0.39 is 334 Å². The number of aliphatic carboxylic acids is 1. The van der Waals surface area contributed by atoms with Crippen LogP contribution in [0.25, 0.3) is 0 Å². The molecule has 49 unspecified atom stereocenters. The van der Waals surface area contributed by atoms with E-state index in [0.29, 0.717) is 32.1 Å². The zero-order valence-electron chi connectivity index (χ0n) is 68.9. The summed E-state index contributed by atoms with van der Waals surface area (Å²) in [5.74, 6) is -5.77. The second kappa shape index (κ2) is 35.5. The molecule has 13 rings (SSSR count). The van der Waals surface area contributed by atoms with Crippen molar-refractivity contribution in [3.8, 4) is 0 Å². The molecular weight excluding hydrogens is 1600 g/mol. The van der Waals surface area contributed by atoms with Gasteiger partial charge in [0.25, 0.3) is 0 Å². The Labute approximate surface area is 691 Å². The van der Waals surface area contributed by atoms with E-state index in [0.717, 1.165) is 18.8 Å². The summed E-state index contributed by atoms with van der Waals surface area (Å²) in [6, 6.07) is 0. The molecule has 0 aromatic heterocycles. The number of allylic oxidation sites excluding steroid dienone is 2. The second-order valence-corrected chi connectivity index (χ2v) is 37.3. The highest BCUT2D eigenvalue weighted by molar-refractivity contribution is 5.80. The Morgan fingerprint density at radius 3 is 1.54 bits per heavy atom. The summed E-state index contributed by atoms with van der Waals surface area (Å²) < 4.78 is 104. The minimum absolute atomic E-state index is 0.0246. The number of fused-ring (bicyclic) bond motifs is 7. The first-order chi connectivity index (χ1) is 56.2. The van der Waals surface area contributed by atoms with Crippen LogP contribution in [-0.2, 0) is 99.7 Å². The van der Waals surface area contributed by atoms with E-state index in [1.807, 2.05) is 6.92 Å². The fourth-order valence-corrected chi connectivity index (χ4v) is 22.3. The van der Waals surface area contributed by atoms with E-state index in [4.69, 9.17) is 80.5 Å². The SMILES string of the molecule is CC(=O)OC1C(C)OC(OC(=O)C23CCC(C)(C)C(C)C2C2=CCC4C5(C)CCC(OC6OC(C(=O)O)C(O)C(OC7OC(C)C(O)C(O)C7O)C6OC6OC(CO)C(O)C(O)C6O)C(C)(C=O)C5CCC4(C)C2(C)CC3O)C(OC2OC(C)C(OC3OCC(O)C(OC4OCC(O)C(O)C4O)C3O)C(O)C2O)C1OC1OC(C)C(O)C(O)C1O. The van der Waals surface area contributed by atoms with Crippen molar-refractivity contribution in [2.45, 2.75) is 380 Å². The van der Waals surface area contributed by atoms with Gasteiger partial charge in [-0.1, -0.05) is 60.1 Å². The summed E-state index contributed by atoms with van der Waals surface area (Å²) in [7, 11) is 0. The van der Waals surface area contributed by atoms with Crippen LogP contribution < -0.4 is 0 Å². The predicted octanol–water partition coefficient (Wildman–Crippen LogP) is -6.29. The number of carboxylic acids is 1. The molecule has 0 aromatic carbocycles. The number of carbonyl (C=O) groups excluding carboxylic acids is 3. The summed E-state index contributed by atoms with van der Waals surface area (Å²) in [5.41, 5.74) is -5.51. The molecule has 8 saturated heterocycles. The lowest BCUT2D eigenvalue weighted by atomic mass is 9.32. The molecule has 0 amide bonds. The van der Waals surface area contributed by atoms with Gasteiger partial charge in [-0.25, -0.2) is 4.79 Å². The van der Waals surface area contributed by atoms with Crippen molar-refractivity contribution in [3.05, 3.63) is 11.6 Å². The largest absolute Gasteiger partial charge is 0.479 e. The molecule has 12 fully saturated rings. The molecular formula is C79H124O41. The van der Waals surface area contributed by atoms with Crippen molar-refractivity contribution in [3.63, 3.8) is 0 Å². The zero-order chi connectivity index (χ0) is 87.9. The van der Waals surface area contributed by atoms with Crippen LogP contribution in [-0.4, -0.2) is 392 Å². The van der Waals surface area contributed by atoms with Gasteiger partial charge in [-0.2, -0.15) is 0 Å². The first-order valence-corrected chi connectivity index (χ1v) is 41.6. The molecule has 13 aliphatic rings. The quantitative estimate of drug-likeness (QED) is 0.0233. The number of hydrogen-bond donors (Lipinski definition) is 20. The van der Waals surface area contributed by atoms with Gasteiger partial charge in [-0.05, 0) is 118 Å². The van der Waals surface area contributed by atoms with Crippen molar-refractivity contribution in [1.82, 2.24) is 0 Å². The van der Waals surface area contributed by atoms with Gasteiger partial charge in [0, 0.05) is 12.8 Å². The normalized spacial score (nSPS) is 54.7. The Morgan fingerprint density at radius 2 is 0.958 bits per heavy atom. The van der Waals surface area contributed by atoms with E-state index in [-0.39, 0.29) is 25.2 Å². The van der Waals surface area contributed by atoms with Gasteiger partial charge in [-0.3, -0.25) is 9.59 Å². The molecule has 49 atom stereocenters. The molecule has 5 aliphatic carbocycles. The molecule has 41 nitrogen and oxygen atoms in total. The summed E-state index contributed by atoms with van der Waals surface area (Å²) in [5, 5.41) is 223. The standard InChI is InChI=1S/C79H124O41/c1-26-40-32-13-14-37-75(9)17-16-39(112-72-62(118-70-52(97)47(92)44(89)35(22-80)111-70)59(54(99)60(116-72)64(101)102)115-67-50(95)45(90)41(86)27(2)106-67)76(10,25-81)36(75)15-18-77(37,11)78(32,12)21-38(85)79(40,20-19-74(26,7)8)73(103)120-71-63(61(57(30(5)109-71)110-31(6)82)117-68-51(96)46(91)42(87)28(3)107-68)119-69-53(98)48(93)56(29(4)108-69)113-66-55(100)58(34(84)24-105-66)114-65-49(94)43(88)33(83)23-104-65/h13,25-30,33-63,65-72,80,83-100H,14-24H2,1-12H3,(H,101,102). The monoisotopic (exact) mass is 1730 g/mol. The molecule has 0 bridgehead atoms. The zero-order valence-corrected chi connectivity index (χ0v) is 68.9. The molecule has 0 radical (unpaired) electrons. The number of aldehydes is 1. The Balaban J connectivity index is 0.797. The lowest BCUT2D eigenvalue weighted by Gasteiger charge is -2.72. The molecule has 686 valence electrons. The summed E-state index contributed by atoms with van der Waals surface area (Å²) in [6.45, 7) is 18.7. The summed E-state index contributed by atoms with van der Waals surface area (Å²) in [4.78, 5) is 57.4. The highest BCUT2D eigenvalue weighted by Crippen LogP contribution is 2.77. The number of carboxylic acid groups (broad SMARTS) is 1. The first kappa shape index (κ1) is 94.1. The maximum atomic E-state index is 16.5. The van der Waals surface area contributed by atoms with Crippen LogP contribution in [0.1, 0.15) is 134 Å². The van der Waals surface area contributed by atoms with Crippen LogP contribution in [0.4, 0.5) is 0 Å². The maximum Gasteiger partial charge on any atom is 0.335 e.